The maximum Gasteiger partial charge on any atom is 0.162 e. The van der Waals surface area contributed by atoms with Crippen LogP contribution in [0.15, 0.2) is 0 Å². The molecule has 5 heterocycles. The predicted molar refractivity (Wildman–Crippen MR) is 192 cm³/mol. The van der Waals surface area contributed by atoms with E-state index in [1.807, 2.05) is 6.92 Å². The minimum absolute atomic E-state index is 0.0556. The van der Waals surface area contributed by atoms with E-state index in [0.717, 1.165) is 6.42 Å². The van der Waals surface area contributed by atoms with Crippen LogP contribution in [0.4, 0.5) is 0 Å². The molecule has 0 atom stereocenters. The van der Waals surface area contributed by atoms with E-state index in [1.165, 1.54) is 38.5 Å². The fraction of sp³-hybridized carbons (Fsp3) is 1.00. The largest absolute Gasteiger partial charge is 0.352 e. The molecule has 0 radical (unpaired) electrons. The third kappa shape index (κ3) is 8.45. The van der Waals surface area contributed by atoms with Gasteiger partial charge in [-0.1, -0.05) is 13.8 Å². The van der Waals surface area contributed by atoms with Crippen LogP contribution in [0, 0.1) is 34.0 Å². The molecule has 0 unspecified atom stereocenters. The highest BCUT2D eigenvalue weighted by Gasteiger charge is 2.62. The fourth-order valence-electron chi connectivity index (χ4n) is 12.3. The van der Waals surface area contributed by atoms with Crippen LogP contribution in [0.3, 0.4) is 0 Å². The Balaban J connectivity index is 1.62. The third-order valence-corrected chi connectivity index (χ3v) is 12.6. The van der Waals surface area contributed by atoms with Gasteiger partial charge in [-0.15, -0.1) is 0 Å². The lowest BCUT2D eigenvalue weighted by Gasteiger charge is -2.66. The van der Waals surface area contributed by atoms with Crippen LogP contribution in [0.1, 0.15) is 149 Å². The monoisotopic (exact) mass is 662 g/mol. The molecule has 0 amide bonds. The van der Waals surface area contributed by atoms with Crippen LogP contribution >= 0.6 is 0 Å². The van der Waals surface area contributed by atoms with Crippen LogP contribution in [0.2, 0.25) is 0 Å². The number of hydrogen-bond donors (Lipinski definition) is 3. The first kappa shape index (κ1) is 38.0. The van der Waals surface area contributed by atoms with Gasteiger partial charge in [-0.3, -0.25) is 0 Å². The van der Waals surface area contributed by atoms with Crippen molar-refractivity contribution in [3.63, 3.8) is 0 Å². The standard InChI is InChI=1S/C40H75N3O4/c1-27-44-23-39(24-45-27)25-46-31(47-26-39)32(2,3)22-40(28-16-33(4,5)41-34(6,7)17-28,29-18-35(8,9)42-36(10,11)19-29)30-20-37(12,13)43-38(14,15)21-30/h27-31,41-43H,16-26H2,1-15H3. The van der Waals surface area contributed by atoms with Gasteiger partial charge in [0.1, 0.15) is 0 Å². The van der Waals surface area contributed by atoms with Crippen LogP contribution in [-0.2, 0) is 18.9 Å². The van der Waals surface area contributed by atoms with Crippen molar-refractivity contribution in [1.82, 2.24) is 16.0 Å². The molecule has 47 heavy (non-hydrogen) atoms. The van der Waals surface area contributed by atoms with E-state index in [0.29, 0.717) is 44.2 Å². The lowest BCUT2D eigenvalue weighted by Crippen LogP contribution is -2.68. The summed E-state index contributed by atoms with van der Waals surface area (Å²) in [5, 5.41) is 12.2. The summed E-state index contributed by atoms with van der Waals surface area (Å²) >= 11 is 0. The van der Waals surface area contributed by atoms with Gasteiger partial charge in [0.15, 0.2) is 12.6 Å². The van der Waals surface area contributed by atoms with Gasteiger partial charge in [-0.2, -0.15) is 0 Å². The van der Waals surface area contributed by atoms with Crippen molar-refractivity contribution in [3.05, 3.63) is 0 Å². The van der Waals surface area contributed by atoms with Crippen LogP contribution in [0.5, 0.6) is 0 Å². The number of nitrogens with one attached hydrogen (secondary N) is 3. The van der Waals surface area contributed by atoms with Gasteiger partial charge in [-0.05, 0) is 158 Å². The Morgan fingerprint density at radius 3 is 1.06 bits per heavy atom. The van der Waals surface area contributed by atoms with Gasteiger partial charge < -0.3 is 34.9 Å². The summed E-state index contributed by atoms with van der Waals surface area (Å²) in [7, 11) is 0. The fourth-order valence-corrected chi connectivity index (χ4v) is 12.3. The SMILES string of the molecule is CC1OCC2(CO1)COC(C(C)(C)CC(C1CC(C)(C)NC(C)(C)C1)(C1CC(C)(C)NC(C)(C)C1)C1CC(C)(C)NC(C)(C)C1)OC2. The van der Waals surface area contributed by atoms with E-state index >= 15 is 0 Å². The number of ether oxygens (including phenoxy) is 4. The normalized spacial score (nSPS) is 36.3. The molecule has 5 rings (SSSR count). The highest BCUT2D eigenvalue weighted by Crippen LogP contribution is 2.64. The molecular formula is C40H75N3O4. The summed E-state index contributed by atoms with van der Waals surface area (Å²) in [4.78, 5) is 0. The highest BCUT2D eigenvalue weighted by molar-refractivity contribution is 5.14. The zero-order valence-corrected chi connectivity index (χ0v) is 33.3. The molecule has 1 spiro atoms. The molecule has 0 aromatic carbocycles. The van der Waals surface area contributed by atoms with Crippen molar-refractivity contribution in [2.24, 2.45) is 34.0 Å². The summed E-state index contributed by atoms with van der Waals surface area (Å²) in [5.41, 5.74) is 0.0102. The maximum absolute atomic E-state index is 6.81. The van der Waals surface area contributed by atoms with Gasteiger partial charge in [0.2, 0.25) is 0 Å². The van der Waals surface area contributed by atoms with Crippen molar-refractivity contribution in [2.75, 3.05) is 26.4 Å². The molecule has 0 bridgehead atoms. The van der Waals surface area contributed by atoms with Crippen molar-refractivity contribution in [1.29, 1.82) is 0 Å². The summed E-state index contributed by atoms with van der Waals surface area (Å²) in [6.07, 6.45) is 7.77. The Morgan fingerprint density at radius 2 is 0.766 bits per heavy atom. The van der Waals surface area contributed by atoms with E-state index in [4.69, 9.17) is 18.9 Å². The molecule has 5 aliphatic rings. The van der Waals surface area contributed by atoms with Crippen molar-refractivity contribution >= 4 is 0 Å². The molecule has 7 heteroatoms. The second-order valence-electron chi connectivity index (χ2n) is 21.9. The lowest BCUT2D eigenvalue weighted by atomic mass is 9.44. The van der Waals surface area contributed by atoms with E-state index in [9.17, 15) is 0 Å². The molecule has 274 valence electrons. The van der Waals surface area contributed by atoms with Crippen LogP contribution < -0.4 is 16.0 Å². The molecular weight excluding hydrogens is 586 g/mol. The van der Waals surface area contributed by atoms with Gasteiger partial charge in [0.05, 0.1) is 31.8 Å². The first-order valence-corrected chi connectivity index (χ1v) is 19.0. The molecule has 0 aromatic rings. The van der Waals surface area contributed by atoms with Crippen LogP contribution in [-0.4, -0.2) is 72.2 Å². The zero-order valence-electron chi connectivity index (χ0n) is 33.3. The Bertz CT molecular complexity index is 965. The number of hydrogen-bond acceptors (Lipinski definition) is 7. The minimum atomic E-state index is -0.264. The van der Waals surface area contributed by atoms with Crippen molar-refractivity contribution in [2.45, 2.75) is 195 Å². The minimum Gasteiger partial charge on any atom is -0.352 e. The lowest BCUT2D eigenvalue weighted by molar-refractivity contribution is -0.322. The van der Waals surface area contributed by atoms with E-state index in [1.54, 1.807) is 0 Å². The number of rotatable bonds is 6. The van der Waals surface area contributed by atoms with E-state index < -0.39 is 0 Å². The second-order valence-corrected chi connectivity index (χ2v) is 21.9. The molecule has 0 aromatic heterocycles. The molecule has 0 aliphatic carbocycles. The van der Waals surface area contributed by atoms with Gasteiger partial charge >= 0.3 is 0 Å². The van der Waals surface area contributed by atoms with Crippen LogP contribution in [0.25, 0.3) is 0 Å². The average Bonchev–Trinajstić information content (AvgIpc) is 2.84. The predicted octanol–water partition coefficient (Wildman–Crippen LogP) is 7.81. The first-order chi connectivity index (χ1) is 21.2. The van der Waals surface area contributed by atoms with Crippen molar-refractivity contribution in [3.8, 4) is 0 Å². The summed E-state index contributed by atoms with van der Waals surface area (Å²) in [6, 6.07) is 0. The van der Waals surface area contributed by atoms with E-state index in [-0.39, 0.29) is 62.1 Å². The van der Waals surface area contributed by atoms with Crippen molar-refractivity contribution < 1.29 is 18.9 Å². The highest BCUT2D eigenvalue weighted by atomic mass is 16.7. The smallest absolute Gasteiger partial charge is 0.162 e. The quantitative estimate of drug-likeness (QED) is 0.268. The first-order valence-electron chi connectivity index (χ1n) is 19.0. The zero-order chi connectivity index (χ0) is 35.1. The van der Waals surface area contributed by atoms with Gasteiger partial charge in [0, 0.05) is 38.6 Å². The molecule has 5 aliphatic heterocycles. The Hall–Kier alpha value is -0.280. The summed E-state index contributed by atoms with van der Waals surface area (Å²) < 4.78 is 25.5. The molecule has 0 saturated carbocycles. The Labute approximate surface area is 289 Å². The Kier molecular flexibility index (Phi) is 9.82. The average molecular weight is 662 g/mol. The van der Waals surface area contributed by atoms with Gasteiger partial charge in [0.25, 0.3) is 0 Å². The second kappa shape index (κ2) is 12.2. The van der Waals surface area contributed by atoms with Gasteiger partial charge in [-0.25, -0.2) is 0 Å². The maximum atomic E-state index is 6.81. The Morgan fingerprint density at radius 1 is 0.489 bits per heavy atom. The molecule has 7 nitrogen and oxygen atoms in total. The summed E-state index contributed by atoms with van der Waals surface area (Å²) in [5.74, 6) is 1.69. The topological polar surface area (TPSA) is 73.0 Å². The summed E-state index contributed by atoms with van der Waals surface area (Å²) in [6.45, 7) is 38.8. The molecule has 3 N–H and O–H groups in total. The third-order valence-electron chi connectivity index (χ3n) is 12.6. The molecule has 5 saturated heterocycles. The van der Waals surface area contributed by atoms with E-state index in [2.05, 4.69) is 113 Å². The molecule has 5 fully saturated rings. The number of piperidine rings is 3.